The fourth-order valence-corrected chi connectivity index (χ4v) is 11.7. The van der Waals surface area contributed by atoms with Gasteiger partial charge in [-0.25, -0.2) is 0 Å². The van der Waals surface area contributed by atoms with Gasteiger partial charge < -0.3 is 15.0 Å². The first-order valence-electron chi connectivity index (χ1n) is 15.9. The number of benzene rings is 4. The summed E-state index contributed by atoms with van der Waals surface area (Å²) in [5.74, 6) is -0.919. The van der Waals surface area contributed by atoms with Gasteiger partial charge in [0.25, 0.3) is 5.91 Å². The van der Waals surface area contributed by atoms with Gasteiger partial charge in [0.05, 0.1) is 22.5 Å². The van der Waals surface area contributed by atoms with Crippen LogP contribution in [0.3, 0.4) is 0 Å². The van der Waals surface area contributed by atoms with Crippen molar-refractivity contribution in [3.8, 4) is 5.75 Å². The SMILES string of the molecule is O=C(COc1cccc([C@H]2c3sc(=O)[nH]c3SC3C4CC(C5C(=O)N(c6ccc(Cl)cc6)C(=O)C45)C32)c1)Nc1cccc2ccccc12. The van der Waals surface area contributed by atoms with Crippen LogP contribution in [0.15, 0.2) is 101 Å². The molecule has 4 aromatic carbocycles. The fraction of sp³-hybridized carbons (Fsp3) is 0.243. The number of aromatic amines is 1. The molecule has 0 spiro atoms. The predicted octanol–water partition coefficient (Wildman–Crippen LogP) is 6.94. The van der Waals surface area contributed by atoms with Crippen LogP contribution in [0.1, 0.15) is 22.8 Å². The second-order valence-electron chi connectivity index (χ2n) is 12.9. The zero-order valence-corrected chi connectivity index (χ0v) is 27.7. The summed E-state index contributed by atoms with van der Waals surface area (Å²) in [5.41, 5.74) is 2.23. The van der Waals surface area contributed by atoms with Crippen molar-refractivity contribution in [1.29, 1.82) is 0 Å². The maximum atomic E-state index is 14.0. The number of imide groups is 1. The van der Waals surface area contributed by atoms with E-state index < -0.39 is 5.92 Å². The molecule has 0 radical (unpaired) electrons. The molecule has 8 nitrogen and oxygen atoms in total. The lowest BCUT2D eigenvalue weighted by atomic mass is 9.68. The number of carbonyl (C=O) groups excluding carboxylic acids is 3. The molecule has 2 saturated carbocycles. The number of aromatic nitrogens is 1. The lowest BCUT2D eigenvalue weighted by Crippen LogP contribution is -2.42. The van der Waals surface area contributed by atoms with Crippen molar-refractivity contribution in [3.05, 3.63) is 116 Å². The summed E-state index contributed by atoms with van der Waals surface area (Å²) in [5, 5.41) is 6.41. The molecule has 2 bridgehead atoms. The maximum Gasteiger partial charge on any atom is 0.305 e. The minimum Gasteiger partial charge on any atom is -0.484 e. The first-order valence-corrected chi connectivity index (χ1v) is 18.0. The van der Waals surface area contributed by atoms with Crippen LogP contribution in [-0.4, -0.2) is 34.6 Å². The van der Waals surface area contributed by atoms with Crippen molar-refractivity contribution in [2.75, 3.05) is 16.8 Å². The molecular formula is C37H28ClN3O5S2. The number of thioether (sulfide) groups is 1. The first kappa shape index (κ1) is 29.7. The van der Waals surface area contributed by atoms with E-state index in [9.17, 15) is 19.2 Å². The molecule has 4 aliphatic rings. The van der Waals surface area contributed by atoms with Gasteiger partial charge in [0.2, 0.25) is 11.8 Å². The number of fused-ring (bicyclic) bond motifs is 10. The molecule has 11 heteroatoms. The highest BCUT2D eigenvalue weighted by Gasteiger charge is 2.69. The van der Waals surface area contributed by atoms with Gasteiger partial charge in [0, 0.05) is 32.1 Å². The number of nitrogens with zero attached hydrogens (tertiary/aromatic N) is 1. The molecule has 2 N–H and O–H groups in total. The Morgan fingerprint density at radius 3 is 2.50 bits per heavy atom. The van der Waals surface area contributed by atoms with E-state index in [1.165, 1.54) is 16.2 Å². The van der Waals surface area contributed by atoms with Crippen molar-refractivity contribution in [1.82, 2.24) is 4.98 Å². The molecule has 3 heterocycles. The second kappa shape index (κ2) is 11.4. The Morgan fingerprint density at radius 2 is 1.67 bits per heavy atom. The van der Waals surface area contributed by atoms with Crippen molar-refractivity contribution in [3.63, 3.8) is 0 Å². The van der Waals surface area contributed by atoms with Gasteiger partial charge in [0.15, 0.2) is 6.61 Å². The predicted molar refractivity (Wildman–Crippen MR) is 187 cm³/mol. The summed E-state index contributed by atoms with van der Waals surface area (Å²) in [7, 11) is 0. The number of carbonyl (C=O) groups is 3. The summed E-state index contributed by atoms with van der Waals surface area (Å²) in [4.78, 5) is 58.8. The number of rotatable bonds is 6. The molecule has 2 aliphatic carbocycles. The van der Waals surface area contributed by atoms with E-state index >= 15 is 0 Å². The molecule has 1 saturated heterocycles. The standard InChI is InChI=1S/C37H28ClN3O5S2/c38-20-11-13-21(14-12-20)41-35(43)30-24-16-25(31(30)36(41)44)32-29(24)28(33-34(47-32)40-37(45)48-33)19-7-3-8-22(15-19)46-17-27(42)39-26-10-4-6-18-5-1-2-9-23(18)26/h1-15,24-25,28-32H,16-17H2,(H,39,42)(H,40,45)/t24?,25?,28-,29?,30?,31?,32?/m1/s1. The van der Waals surface area contributed by atoms with Crippen LogP contribution < -0.4 is 19.8 Å². The summed E-state index contributed by atoms with van der Waals surface area (Å²) in [6.45, 7) is -0.173. The molecule has 1 aromatic heterocycles. The largest absolute Gasteiger partial charge is 0.484 e. The normalized spacial score (nSPS) is 26.8. The smallest absolute Gasteiger partial charge is 0.305 e. The molecule has 2 aliphatic heterocycles. The summed E-state index contributed by atoms with van der Waals surface area (Å²) in [6, 6.07) is 28.2. The highest BCUT2D eigenvalue weighted by atomic mass is 35.5. The zero-order chi connectivity index (χ0) is 32.7. The third-order valence-electron chi connectivity index (χ3n) is 10.5. The molecule has 3 fully saturated rings. The number of anilines is 2. The monoisotopic (exact) mass is 693 g/mol. The Morgan fingerprint density at radius 1 is 0.917 bits per heavy atom. The van der Waals surface area contributed by atoms with E-state index in [0.29, 0.717) is 16.5 Å². The van der Waals surface area contributed by atoms with Crippen LogP contribution in [0.2, 0.25) is 5.02 Å². The van der Waals surface area contributed by atoms with E-state index in [2.05, 4.69) is 10.3 Å². The van der Waals surface area contributed by atoms with E-state index in [0.717, 1.165) is 38.3 Å². The summed E-state index contributed by atoms with van der Waals surface area (Å²) < 4.78 is 6.02. The Kier molecular flexibility index (Phi) is 7.04. The number of nitrogens with one attached hydrogen (secondary N) is 2. The Balaban J connectivity index is 0.999. The molecule has 5 aromatic rings. The zero-order valence-electron chi connectivity index (χ0n) is 25.3. The summed E-state index contributed by atoms with van der Waals surface area (Å²) in [6.07, 6.45) is 0.795. The minimum atomic E-state index is -0.406. The van der Waals surface area contributed by atoms with Crippen LogP contribution >= 0.6 is 34.7 Å². The van der Waals surface area contributed by atoms with Gasteiger partial charge in [0.1, 0.15) is 5.75 Å². The maximum absolute atomic E-state index is 14.0. The van der Waals surface area contributed by atoms with Gasteiger partial charge in [-0.05, 0) is 77.6 Å². The van der Waals surface area contributed by atoms with Crippen LogP contribution in [0.4, 0.5) is 11.4 Å². The van der Waals surface area contributed by atoms with Crippen molar-refractivity contribution >= 4 is 74.6 Å². The average molecular weight is 694 g/mol. The lowest BCUT2D eigenvalue weighted by Gasteiger charge is -2.43. The quantitative estimate of drug-likeness (QED) is 0.187. The van der Waals surface area contributed by atoms with Crippen LogP contribution in [0.5, 0.6) is 5.75 Å². The molecule has 6 unspecified atom stereocenters. The van der Waals surface area contributed by atoms with Crippen molar-refractivity contribution < 1.29 is 19.1 Å². The molecule has 3 amide bonds. The van der Waals surface area contributed by atoms with Crippen LogP contribution in [0, 0.1) is 29.6 Å². The number of thiazole rings is 1. The van der Waals surface area contributed by atoms with Crippen molar-refractivity contribution in [2.24, 2.45) is 29.6 Å². The number of H-pyrrole nitrogens is 1. The number of hydrogen-bond donors (Lipinski definition) is 2. The number of ether oxygens (including phenoxy) is 1. The van der Waals surface area contributed by atoms with Crippen molar-refractivity contribution in [2.45, 2.75) is 22.6 Å². The van der Waals surface area contributed by atoms with E-state index in [-0.39, 0.29) is 64.0 Å². The van der Waals surface area contributed by atoms with E-state index in [1.54, 1.807) is 36.0 Å². The van der Waals surface area contributed by atoms with Gasteiger partial charge in [-0.2, -0.15) is 0 Å². The summed E-state index contributed by atoms with van der Waals surface area (Å²) >= 11 is 8.96. The molecule has 48 heavy (non-hydrogen) atoms. The molecular weight excluding hydrogens is 666 g/mol. The number of halogens is 1. The third-order valence-corrected chi connectivity index (χ3v) is 13.3. The number of hydrogen-bond acceptors (Lipinski definition) is 7. The van der Waals surface area contributed by atoms with Gasteiger partial charge >= 0.3 is 4.87 Å². The highest BCUT2D eigenvalue weighted by molar-refractivity contribution is 8.00. The van der Waals surface area contributed by atoms with Gasteiger partial charge in [-0.3, -0.25) is 24.1 Å². The van der Waals surface area contributed by atoms with Crippen LogP contribution in [-0.2, 0) is 14.4 Å². The lowest BCUT2D eigenvalue weighted by molar-refractivity contribution is -0.123. The second-order valence-corrected chi connectivity index (χ2v) is 15.5. The first-order chi connectivity index (χ1) is 23.4. The Labute approximate surface area is 288 Å². The van der Waals surface area contributed by atoms with Crippen LogP contribution in [0.25, 0.3) is 10.8 Å². The van der Waals surface area contributed by atoms with Gasteiger partial charge in [-0.1, -0.05) is 71.5 Å². The van der Waals surface area contributed by atoms with Gasteiger partial charge in [-0.15, -0.1) is 11.8 Å². The minimum absolute atomic E-state index is 0.0139. The number of amides is 3. The Hall–Kier alpha value is -4.38. The van der Waals surface area contributed by atoms with E-state index in [1.807, 2.05) is 66.7 Å². The Bertz CT molecular complexity index is 2190. The third kappa shape index (κ3) is 4.64. The molecule has 9 rings (SSSR count). The van der Waals surface area contributed by atoms with E-state index in [4.69, 9.17) is 16.3 Å². The highest BCUT2D eigenvalue weighted by Crippen LogP contribution is 2.68. The topological polar surface area (TPSA) is 109 Å². The molecule has 7 atom stereocenters. The fourth-order valence-electron chi connectivity index (χ4n) is 8.70. The average Bonchev–Trinajstić information content (AvgIpc) is 3.83. The molecule has 240 valence electrons.